The predicted octanol–water partition coefficient (Wildman–Crippen LogP) is 4.71. The first-order valence-electron chi connectivity index (χ1n) is 11.8. The second-order valence-corrected chi connectivity index (χ2v) is 9.77. The molecule has 1 aliphatic heterocycles. The molecule has 5 nitrogen and oxygen atoms in total. The first-order chi connectivity index (χ1) is 16.5. The van der Waals surface area contributed by atoms with Gasteiger partial charge in [0, 0.05) is 48.5 Å². The van der Waals surface area contributed by atoms with Crippen molar-refractivity contribution in [1.29, 1.82) is 0 Å². The second kappa shape index (κ2) is 7.88. The van der Waals surface area contributed by atoms with Gasteiger partial charge in [-0.15, -0.1) is 11.6 Å². The van der Waals surface area contributed by atoms with Gasteiger partial charge < -0.3 is 16.0 Å². The van der Waals surface area contributed by atoms with Crippen LogP contribution in [0.2, 0.25) is 0 Å². The quantitative estimate of drug-likeness (QED) is 0.541. The highest BCUT2D eigenvalue weighted by Gasteiger charge is 2.37. The lowest BCUT2D eigenvalue weighted by Gasteiger charge is -2.20. The predicted molar refractivity (Wildman–Crippen MR) is 138 cm³/mol. The minimum absolute atomic E-state index is 0.0283. The van der Waals surface area contributed by atoms with Gasteiger partial charge in [-0.1, -0.05) is 36.4 Å². The summed E-state index contributed by atoms with van der Waals surface area (Å²) in [6.07, 6.45) is 4.21. The molecule has 0 radical (unpaired) electrons. The lowest BCUT2D eigenvalue weighted by atomic mass is 9.95. The Balaban J connectivity index is 1.41. The number of hydrogen-bond donors (Lipinski definition) is 2. The van der Waals surface area contributed by atoms with Gasteiger partial charge in [0.25, 0.3) is 5.91 Å². The highest BCUT2D eigenvalue weighted by Crippen LogP contribution is 2.46. The van der Waals surface area contributed by atoms with Gasteiger partial charge in [-0.05, 0) is 58.2 Å². The number of nitrogens with two attached hydrogens (primary N) is 1. The van der Waals surface area contributed by atoms with E-state index in [4.69, 9.17) is 17.3 Å². The molecule has 6 rings (SSSR count). The topological polar surface area (TPSA) is 75.4 Å². The van der Waals surface area contributed by atoms with Crippen LogP contribution in [0.15, 0.2) is 48.0 Å². The van der Waals surface area contributed by atoms with Gasteiger partial charge in [0.1, 0.15) is 0 Å². The third-order valence-corrected chi connectivity index (χ3v) is 8.10. The average molecular weight is 472 g/mol. The van der Waals surface area contributed by atoms with Crippen molar-refractivity contribution in [3.8, 4) is 0 Å². The zero-order valence-electron chi connectivity index (χ0n) is 19.0. The van der Waals surface area contributed by atoms with Crippen LogP contribution >= 0.6 is 11.6 Å². The normalized spacial score (nSPS) is 20.2. The molecule has 3 aromatic rings. The molecule has 0 fully saturated rings. The van der Waals surface area contributed by atoms with Crippen molar-refractivity contribution in [3.05, 3.63) is 75.9 Å². The molecular weight excluding hydrogens is 446 g/mol. The van der Waals surface area contributed by atoms with Crippen molar-refractivity contribution >= 4 is 51.6 Å². The van der Waals surface area contributed by atoms with E-state index in [0.29, 0.717) is 18.8 Å². The molecule has 172 valence electrons. The molecule has 0 saturated heterocycles. The number of rotatable bonds is 4. The van der Waals surface area contributed by atoms with Crippen LogP contribution in [0.4, 0.5) is 11.4 Å². The number of amides is 2. The van der Waals surface area contributed by atoms with E-state index in [1.165, 1.54) is 5.56 Å². The third-order valence-electron chi connectivity index (χ3n) is 7.73. The molecule has 2 amide bonds. The van der Waals surface area contributed by atoms with Crippen LogP contribution in [-0.4, -0.2) is 31.3 Å². The number of carbonyl (C=O) groups is 2. The summed E-state index contributed by atoms with van der Waals surface area (Å²) in [7, 11) is 1.91. The Labute approximate surface area is 203 Å². The number of fused-ring (bicyclic) bond motifs is 6. The van der Waals surface area contributed by atoms with E-state index in [9.17, 15) is 9.59 Å². The number of anilines is 2. The number of benzene rings is 3. The van der Waals surface area contributed by atoms with Crippen LogP contribution in [0.3, 0.4) is 0 Å². The lowest BCUT2D eigenvalue weighted by molar-refractivity contribution is -0.119. The van der Waals surface area contributed by atoms with Crippen LogP contribution in [-0.2, 0) is 22.4 Å². The van der Waals surface area contributed by atoms with Crippen molar-refractivity contribution in [2.75, 3.05) is 29.7 Å². The van der Waals surface area contributed by atoms with Gasteiger partial charge in [-0.25, -0.2) is 0 Å². The smallest absolute Gasteiger partial charge is 0.254 e. The van der Waals surface area contributed by atoms with Gasteiger partial charge in [-0.2, -0.15) is 0 Å². The first kappa shape index (κ1) is 21.2. The molecule has 1 heterocycles. The molecule has 0 aromatic heterocycles. The van der Waals surface area contributed by atoms with E-state index in [0.717, 1.165) is 62.8 Å². The number of primary amides is 1. The molecule has 0 spiro atoms. The number of halogens is 1. The van der Waals surface area contributed by atoms with Gasteiger partial charge in [0.05, 0.1) is 11.6 Å². The van der Waals surface area contributed by atoms with Gasteiger partial charge >= 0.3 is 0 Å². The van der Waals surface area contributed by atoms with Crippen LogP contribution in [0.5, 0.6) is 0 Å². The van der Waals surface area contributed by atoms with E-state index >= 15 is 0 Å². The molecular formula is C28H26ClN3O2. The van der Waals surface area contributed by atoms with Crippen LogP contribution in [0, 0.1) is 0 Å². The van der Waals surface area contributed by atoms with Gasteiger partial charge in [-0.3, -0.25) is 9.59 Å². The number of carbonyl (C=O) groups excluding carboxylic acids is 2. The third kappa shape index (κ3) is 3.00. The largest absolute Gasteiger partial charge is 0.388 e. The summed E-state index contributed by atoms with van der Waals surface area (Å²) in [5.74, 6) is 0.0740. The van der Waals surface area contributed by atoms with Crippen molar-refractivity contribution in [2.24, 2.45) is 5.73 Å². The Hall–Kier alpha value is -3.31. The summed E-state index contributed by atoms with van der Waals surface area (Å²) in [5.41, 5.74) is 13.9. The maximum Gasteiger partial charge on any atom is 0.254 e. The fraction of sp³-hybridized carbons (Fsp3) is 0.286. The second-order valence-electron chi connectivity index (χ2n) is 9.47. The van der Waals surface area contributed by atoms with E-state index < -0.39 is 0 Å². The summed E-state index contributed by atoms with van der Waals surface area (Å²) >= 11 is 6.41. The molecule has 6 heteroatoms. The monoisotopic (exact) mass is 471 g/mol. The summed E-state index contributed by atoms with van der Waals surface area (Å²) in [6.45, 7) is 0.574. The maximum atomic E-state index is 13.9. The molecule has 3 aromatic carbocycles. The Kier molecular flexibility index (Phi) is 4.92. The van der Waals surface area contributed by atoms with E-state index in [1.807, 2.05) is 36.2 Å². The zero-order chi connectivity index (χ0) is 23.6. The average Bonchev–Trinajstić information content (AvgIpc) is 3.57. The molecule has 34 heavy (non-hydrogen) atoms. The van der Waals surface area contributed by atoms with Crippen molar-refractivity contribution in [2.45, 2.75) is 31.1 Å². The molecule has 0 saturated carbocycles. The maximum absolute atomic E-state index is 13.9. The molecule has 0 bridgehead atoms. The number of hydrogen-bond acceptors (Lipinski definition) is 3. The molecule has 3 aliphatic rings. The van der Waals surface area contributed by atoms with E-state index in [1.54, 1.807) is 0 Å². The summed E-state index contributed by atoms with van der Waals surface area (Å²) in [6, 6.07) is 14.5. The summed E-state index contributed by atoms with van der Waals surface area (Å²) < 4.78 is 0. The van der Waals surface area contributed by atoms with Crippen LogP contribution in [0.25, 0.3) is 16.8 Å². The van der Waals surface area contributed by atoms with Crippen molar-refractivity contribution in [3.63, 3.8) is 0 Å². The van der Waals surface area contributed by atoms with Gasteiger partial charge in [0.15, 0.2) is 0 Å². The number of nitrogens with zero attached hydrogens (tertiary/aromatic N) is 1. The van der Waals surface area contributed by atoms with Crippen LogP contribution in [0.1, 0.15) is 46.1 Å². The molecule has 2 atom stereocenters. The SMILES string of the molecule is CNc1cc2c(c3ccccc13)[C@H](CCl)CN2C(=O)C1=Cc2c(ccc3c2CCC3C(N)=O)C1. The Bertz CT molecular complexity index is 1410. The minimum Gasteiger partial charge on any atom is -0.388 e. The Morgan fingerprint density at radius 2 is 1.97 bits per heavy atom. The zero-order valence-corrected chi connectivity index (χ0v) is 19.8. The van der Waals surface area contributed by atoms with E-state index in [-0.39, 0.29) is 23.7 Å². The fourth-order valence-electron chi connectivity index (χ4n) is 6.12. The van der Waals surface area contributed by atoms with Gasteiger partial charge in [0.2, 0.25) is 5.91 Å². The Morgan fingerprint density at radius 1 is 1.18 bits per heavy atom. The minimum atomic E-state index is -0.273. The highest BCUT2D eigenvalue weighted by atomic mass is 35.5. The van der Waals surface area contributed by atoms with Crippen molar-refractivity contribution in [1.82, 2.24) is 0 Å². The summed E-state index contributed by atoms with van der Waals surface area (Å²) in [4.78, 5) is 27.6. The summed E-state index contributed by atoms with van der Waals surface area (Å²) in [5, 5.41) is 5.58. The number of nitrogens with one attached hydrogen (secondary N) is 1. The molecule has 2 aliphatic carbocycles. The van der Waals surface area contributed by atoms with Crippen molar-refractivity contribution < 1.29 is 9.59 Å². The molecule has 1 unspecified atom stereocenters. The Morgan fingerprint density at radius 3 is 2.71 bits per heavy atom. The number of alkyl halides is 1. The lowest BCUT2D eigenvalue weighted by Crippen LogP contribution is -2.31. The first-order valence-corrected chi connectivity index (χ1v) is 12.3. The molecule has 3 N–H and O–H groups in total. The fourth-order valence-corrected chi connectivity index (χ4v) is 6.37. The van der Waals surface area contributed by atoms with E-state index in [2.05, 4.69) is 29.6 Å². The highest BCUT2D eigenvalue weighted by molar-refractivity contribution is 6.20. The van der Waals surface area contributed by atoms with Crippen LogP contribution < -0.4 is 16.0 Å². The standard InChI is InChI=1S/C28H26ClN3O2/c1-31-24-12-25-26(21-5-3-2-4-20(21)24)17(13-29)14-32(25)28(34)16-10-15-6-7-18-19(23(15)11-16)8-9-22(18)27(30)33/h2-7,11-12,17,22,31H,8-10,13-14H2,1H3,(H2,30,33)/t17-,22?/m1/s1.